The molecular formula is C67H46N4O. The Labute approximate surface area is 417 Å². The zero-order valence-electron chi connectivity index (χ0n) is 39.8. The number of fused-ring (bicyclic) bond motifs is 12. The molecule has 1 aliphatic heterocycles. The first-order valence-electron chi connectivity index (χ1n) is 25.0. The number of hydrogen-bond acceptors (Lipinski definition) is 4. The lowest BCUT2D eigenvalue weighted by Gasteiger charge is -2.27. The third-order valence-electron chi connectivity index (χ3n) is 15.7. The summed E-state index contributed by atoms with van der Waals surface area (Å²) >= 11 is 0. The van der Waals surface area contributed by atoms with Crippen molar-refractivity contribution in [3.8, 4) is 50.7 Å². The van der Waals surface area contributed by atoms with Crippen molar-refractivity contribution in [3.05, 3.63) is 252 Å². The van der Waals surface area contributed by atoms with Crippen LogP contribution in [0.15, 0.2) is 235 Å². The summed E-state index contributed by atoms with van der Waals surface area (Å²) in [5, 5.41) is 4.72. The number of anilines is 2. The van der Waals surface area contributed by atoms with E-state index in [1.807, 2.05) is 24.3 Å². The highest BCUT2D eigenvalue weighted by Crippen LogP contribution is 2.58. The van der Waals surface area contributed by atoms with E-state index in [4.69, 9.17) is 14.4 Å². The van der Waals surface area contributed by atoms with E-state index in [1.54, 1.807) is 0 Å². The number of para-hydroxylation sites is 2. The van der Waals surface area contributed by atoms with Crippen molar-refractivity contribution in [3.63, 3.8) is 0 Å². The van der Waals surface area contributed by atoms with Gasteiger partial charge in [-0.05, 0) is 118 Å². The minimum atomic E-state index is -0.145. The van der Waals surface area contributed by atoms with Crippen LogP contribution in [0.5, 0.6) is 0 Å². The molecule has 5 nitrogen and oxygen atoms in total. The topological polar surface area (TPSA) is 47.1 Å². The van der Waals surface area contributed by atoms with Crippen molar-refractivity contribution in [2.75, 3.05) is 4.90 Å². The van der Waals surface area contributed by atoms with Crippen LogP contribution in [-0.4, -0.2) is 14.5 Å². The van der Waals surface area contributed by atoms with Crippen molar-refractivity contribution in [1.82, 2.24) is 14.5 Å². The maximum Gasteiger partial charge on any atom is 0.160 e. The lowest BCUT2D eigenvalue weighted by molar-refractivity contribution is 0.660. The zero-order valence-corrected chi connectivity index (χ0v) is 39.8. The summed E-state index contributed by atoms with van der Waals surface area (Å²) in [6.07, 6.45) is 5.60. The van der Waals surface area contributed by atoms with Crippen LogP contribution in [0.4, 0.5) is 11.4 Å². The van der Waals surface area contributed by atoms with E-state index in [9.17, 15) is 0 Å². The maximum absolute atomic E-state index is 6.70. The Kier molecular flexibility index (Phi) is 8.76. The first-order valence-corrected chi connectivity index (χ1v) is 25.0. The molecule has 0 saturated carbocycles. The van der Waals surface area contributed by atoms with Crippen LogP contribution in [0.2, 0.25) is 0 Å². The molecule has 340 valence electrons. The van der Waals surface area contributed by atoms with Gasteiger partial charge in [-0.25, -0.2) is 9.97 Å². The third-order valence-corrected chi connectivity index (χ3v) is 15.7. The highest BCUT2D eigenvalue weighted by molar-refractivity contribution is 6.17. The fraction of sp³-hybridized carbons (Fsp3) is 0.0746. The zero-order chi connectivity index (χ0) is 47.7. The number of aromatic nitrogens is 3. The second kappa shape index (κ2) is 15.5. The Balaban J connectivity index is 0.872. The first-order chi connectivity index (χ1) is 35.4. The van der Waals surface area contributed by atoms with Crippen molar-refractivity contribution in [2.45, 2.75) is 31.6 Å². The molecule has 3 aromatic heterocycles. The Morgan fingerprint density at radius 3 is 2.00 bits per heavy atom. The molecule has 9 aromatic carbocycles. The summed E-state index contributed by atoms with van der Waals surface area (Å²) in [5.74, 6) is 0.846. The Morgan fingerprint density at radius 2 is 1.17 bits per heavy atom. The van der Waals surface area contributed by atoms with E-state index >= 15 is 0 Å². The molecule has 4 heterocycles. The number of benzene rings is 9. The Morgan fingerprint density at radius 1 is 0.472 bits per heavy atom. The van der Waals surface area contributed by atoms with Gasteiger partial charge in [0.25, 0.3) is 0 Å². The minimum absolute atomic E-state index is 0.138. The predicted molar refractivity (Wildman–Crippen MR) is 296 cm³/mol. The molecule has 1 unspecified atom stereocenters. The summed E-state index contributed by atoms with van der Waals surface area (Å²) in [7, 11) is 0. The molecule has 72 heavy (non-hydrogen) atoms. The number of furan rings is 1. The van der Waals surface area contributed by atoms with Crippen molar-refractivity contribution >= 4 is 60.7 Å². The van der Waals surface area contributed by atoms with Crippen LogP contribution in [0.25, 0.3) is 100 Å². The van der Waals surface area contributed by atoms with E-state index < -0.39 is 0 Å². The average molecular weight is 923 g/mol. The standard InChI is InChI=1S/C67H46N4O/c1-67(2)56-27-14-12-25-48(56)50-36-53-51-34-43(44-30-32-64-54(35-44)55-37-52-49-26-13-15-28-60(49)70(46-22-10-5-11-23-46)63(52)40-65(55)72-64)29-31-61(51)71(62(53)38-57(50)67)47-24-16-21-45(33-47)59-39-58(41-17-6-3-7-18-41)68-66(69-59)42-19-8-4-9-20-42/h3-33,35-40,51H,34H2,1-2H3. The molecule has 2 aliphatic carbocycles. The highest BCUT2D eigenvalue weighted by atomic mass is 16.3. The van der Waals surface area contributed by atoms with Crippen LogP contribution >= 0.6 is 0 Å². The van der Waals surface area contributed by atoms with Gasteiger partial charge in [-0.3, -0.25) is 0 Å². The fourth-order valence-electron chi connectivity index (χ4n) is 12.2. The van der Waals surface area contributed by atoms with Gasteiger partial charge >= 0.3 is 0 Å². The van der Waals surface area contributed by atoms with E-state index in [0.29, 0.717) is 5.82 Å². The van der Waals surface area contributed by atoms with Crippen molar-refractivity contribution in [1.29, 1.82) is 0 Å². The summed E-state index contributed by atoms with van der Waals surface area (Å²) in [6.45, 7) is 4.75. The molecule has 0 amide bonds. The van der Waals surface area contributed by atoms with Gasteiger partial charge < -0.3 is 13.9 Å². The van der Waals surface area contributed by atoms with Crippen molar-refractivity contribution in [2.24, 2.45) is 0 Å². The van der Waals surface area contributed by atoms with Gasteiger partial charge in [0.2, 0.25) is 0 Å². The summed E-state index contributed by atoms with van der Waals surface area (Å²) in [4.78, 5) is 12.9. The van der Waals surface area contributed by atoms with E-state index in [0.717, 1.165) is 73.3 Å². The maximum atomic E-state index is 6.70. The smallest absolute Gasteiger partial charge is 0.160 e. The summed E-state index contributed by atoms with van der Waals surface area (Å²) < 4.78 is 9.05. The largest absolute Gasteiger partial charge is 0.456 e. The molecule has 0 saturated heterocycles. The third kappa shape index (κ3) is 6.13. The molecular weight excluding hydrogens is 877 g/mol. The molecule has 12 aromatic rings. The molecule has 0 bridgehead atoms. The minimum Gasteiger partial charge on any atom is -0.456 e. The van der Waals surface area contributed by atoms with E-state index in [1.165, 1.54) is 66.6 Å². The van der Waals surface area contributed by atoms with Gasteiger partial charge in [0.15, 0.2) is 5.82 Å². The van der Waals surface area contributed by atoms with Crippen LogP contribution in [-0.2, 0) is 5.41 Å². The van der Waals surface area contributed by atoms with Crippen LogP contribution in [0, 0.1) is 0 Å². The van der Waals surface area contributed by atoms with E-state index in [2.05, 4.69) is 224 Å². The van der Waals surface area contributed by atoms with Gasteiger partial charge in [-0.2, -0.15) is 0 Å². The van der Waals surface area contributed by atoms with Gasteiger partial charge in [0.05, 0.1) is 28.1 Å². The molecule has 0 radical (unpaired) electrons. The summed E-state index contributed by atoms with van der Waals surface area (Å²) in [6, 6.07) is 76.5. The lowest BCUT2D eigenvalue weighted by Crippen LogP contribution is -2.17. The Hall–Kier alpha value is -9.06. The number of rotatable bonds is 6. The Bertz CT molecular complexity index is 4210. The first kappa shape index (κ1) is 40.8. The average Bonchev–Trinajstić information content (AvgIpc) is 4.14. The lowest BCUT2D eigenvalue weighted by atomic mass is 9.81. The highest BCUT2D eigenvalue weighted by Gasteiger charge is 2.42. The van der Waals surface area contributed by atoms with Crippen LogP contribution in [0.3, 0.4) is 0 Å². The molecule has 0 spiro atoms. The molecule has 0 fully saturated rings. The quantitative estimate of drug-likeness (QED) is 0.167. The SMILES string of the molecule is CC1(C)c2ccccc2-c2cc3c(cc21)N(c1cccc(-c2cc(-c4ccccc4)nc(-c4ccccc4)n2)c1)C1=CC=C(c2ccc4oc5cc6c(cc5c4c2)c2ccccc2n6-c2ccccc2)CC13. The second-order valence-electron chi connectivity index (χ2n) is 20.1. The van der Waals surface area contributed by atoms with E-state index in [-0.39, 0.29) is 11.3 Å². The monoisotopic (exact) mass is 922 g/mol. The van der Waals surface area contributed by atoms with Crippen LogP contribution in [0.1, 0.15) is 48.4 Å². The van der Waals surface area contributed by atoms with Gasteiger partial charge in [0.1, 0.15) is 11.2 Å². The number of allylic oxidation sites excluding steroid dienone is 4. The molecule has 1 atom stereocenters. The molecule has 15 rings (SSSR count). The molecule has 5 heteroatoms. The van der Waals surface area contributed by atoms with Gasteiger partial charge in [0, 0.05) is 72.7 Å². The van der Waals surface area contributed by atoms with Crippen molar-refractivity contribution < 1.29 is 4.42 Å². The molecule has 0 N–H and O–H groups in total. The molecule has 3 aliphatic rings. The second-order valence-corrected chi connectivity index (χ2v) is 20.1. The number of nitrogens with zero attached hydrogens (tertiary/aromatic N) is 4. The fourth-order valence-corrected chi connectivity index (χ4v) is 12.2. The van der Waals surface area contributed by atoms with Gasteiger partial charge in [-0.15, -0.1) is 0 Å². The summed E-state index contributed by atoms with van der Waals surface area (Å²) in [5.41, 5.74) is 22.9. The number of hydrogen-bond donors (Lipinski definition) is 0. The normalized spacial score (nSPS) is 15.4. The predicted octanol–water partition coefficient (Wildman–Crippen LogP) is 17.4. The van der Waals surface area contributed by atoms with Crippen LogP contribution < -0.4 is 4.90 Å². The van der Waals surface area contributed by atoms with Gasteiger partial charge in [-0.1, -0.05) is 159 Å².